The molecular formula is C18H25N3O2. The number of nitrogens with zero attached hydrogens (tertiary/aromatic N) is 3. The van der Waals surface area contributed by atoms with Crippen LogP contribution in [0.3, 0.4) is 0 Å². The standard InChI is InChI=1S/C18H25N3O2/c1-19(2)11-12-21-17-8-10-20(14-16-4-3-13-23-16)9-7-15(17)5-6-18(21)22/h3-6,13H,7-12,14H2,1-2H3. The third-order valence-electron chi connectivity index (χ3n) is 4.48. The van der Waals surface area contributed by atoms with Gasteiger partial charge in [0, 0.05) is 44.4 Å². The van der Waals surface area contributed by atoms with Gasteiger partial charge in [0.15, 0.2) is 0 Å². The van der Waals surface area contributed by atoms with Crippen molar-refractivity contribution in [1.82, 2.24) is 14.4 Å². The predicted molar refractivity (Wildman–Crippen MR) is 90.6 cm³/mol. The van der Waals surface area contributed by atoms with E-state index < -0.39 is 0 Å². The van der Waals surface area contributed by atoms with E-state index in [0.717, 1.165) is 51.3 Å². The lowest BCUT2D eigenvalue weighted by atomic mass is 10.1. The highest BCUT2D eigenvalue weighted by molar-refractivity contribution is 5.23. The van der Waals surface area contributed by atoms with Gasteiger partial charge in [0.1, 0.15) is 5.76 Å². The number of fused-ring (bicyclic) bond motifs is 1. The Morgan fingerprint density at radius 2 is 2.00 bits per heavy atom. The van der Waals surface area contributed by atoms with Crippen molar-refractivity contribution in [3.05, 3.63) is 57.9 Å². The van der Waals surface area contributed by atoms with E-state index in [1.165, 1.54) is 11.3 Å². The molecule has 3 heterocycles. The zero-order chi connectivity index (χ0) is 16.2. The lowest BCUT2D eigenvalue weighted by molar-refractivity contribution is 0.254. The highest BCUT2D eigenvalue weighted by atomic mass is 16.3. The van der Waals surface area contributed by atoms with E-state index >= 15 is 0 Å². The number of hydrogen-bond acceptors (Lipinski definition) is 4. The van der Waals surface area contributed by atoms with E-state index in [1.54, 1.807) is 12.3 Å². The summed E-state index contributed by atoms with van der Waals surface area (Å²) in [4.78, 5) is 16.8. The van der Waals surface area contributed by atoms with E-state index in [0.29, 0.717) is 0 Å². The van der Waals surface area contributed by atoms with Crippen LogP contribution in [0, 0.1) is 0 Å². The molecule has 0 amide bonds. The van der Waals surface area contributed by atoms with Gasteiger partial charge in [-0.3, -0.25) is 9.69 Å². The predicted octanol–water partition coefficient (Wildman–Crippen LogP) is 1.60. The van der Waals surface area contributed by atoms with Crippen LogP contribution in [0.25, 0.3) is 0 Å². The van der Waals surface area contributed by atoms with Crippen molar-refractivity contribution < 1.29 is 4.42 Å². The third kappa shape index (κ3) is 3.92. The number of likely N-dealkylation sites (N-methyl/N-ethyl adjacent to an activating group) is 1. The van der Waals surface area contributed by atoms with Crippen LogP contribution in [0.1, 0.15) is 17.0 Å². The van der Waals surface area contributed by atoms with Crippen LogP contribution >= 0.6 is 0 Å². The molecule has 0 aromatic carbocycles. The second-order valence-corrected chi connectivity index (χ2v) is 6.45. The van der Waals surface area contributed by atoms with Gasteiger partial charge in [0.2, 0.25) is 0 Å². The molecule has 23 heavy (non-hydrogen) atoms. The van der Waals surface area contributed by atoms with E-state index in [2.05, 4.69) is 9.80 Å². The first-order valence-electron chi connectivity index (χ1n) is 8.24. The molecule has 0 radical (unpaired) electrons. The summed E-state index contributed by atoms with van der Waals surface area (Å²) >= 11 is 0. The van der Waals surface area contributed by atoms with Crippen molar-refractivity contribution >= 4 is 0 Å². The van der Waals surface area contributed by atoms with Gasteiger partial charge in [-0.05, 0) is 38.2 Å². The van der Waals surface area contributed by atoms with Gasteiger partial charge >= 0.3 is 0 Å². The molecular weight excluding hydrogens is 290 g/mol. The Kier molecular flexibility index (Phi) is 4.98. The average molecular weight is 315 g/mol. The lowest BCUT2D eigenvalue weighted by Gasteiger charge is -2.18. The van der Waals surface area contributed by atoms with Crippen LogP contribution in [0.2, 0.25) is 0 Å². The molecule has 0 spiro atoms. The van der Waals surface area contributed by atoms with Crippen molar-refractivity contribution in [2.75, 3.05) is 33.7 Å². The summed E-state index contributed by atoms with van der Waals surface area (Å²) in [5, 5.41) is 0. The summed E-state index contributed by atoms with van der Waals surface area (Å²) < 4.78 is 7.42. The SMILES string of the molecule is CN(C)CCn1c2c(ccc1=O)CCN(Cc1ccco1)CC2. The first kappa shape index (κ1) is 16.0. The van der Waals surface area contributed by atoms with Gasteiger partial charge in [-0.25, -0.2) is 0 Å². The maximum absolute atomic E-state index is 12.3. The zero-order valence-electron chi connectivity index (χ0n) is 14.0. The molecule has 5 heteroatoms. The summed E-state index contributed by atoms with van der Waals surface area (Å²) in [6, 6.07) is 7.68. The van der Waals surface area contributed by atoms with Crippen LogP contribution in [0.15, 0.2) is 39.7 Å². The molecule has 0 saturated carbocycles. The number of hydrogen-bond donors (Lipinski definition) is 0. The summed E-state index contributed by atoms with van der Waals surface area (Å²) in [7, 11) is 4.08. The molecule has 124 valence electrons. The van der Waals surface area contributed by atoms with Gasteiger partial charge < -0.3 is 13.9 Å². The van der Waals surface area contributed by atoms with Gasteiger partial charge in [0.05, 0.1) is 12.8 Å². The molecule has 0 atom stereocenters. The maximum atomic E-state index is 12.3. The zero-order valence-corrected chi connectivity index (χ0v) is 14.0. The van der Waals surface area contributed by atoms with Crippen molar-refractivity contribution in [2.45, 2.75) is 25.9 Å². The Morgan fingerprint density at radius 3 is 2.74 bits per heavy atom. The van der Waals surface area contributed by atoms with E-state index in [-0.39, 0.29) is 5.56 Å². The number of rotatable bonds is 5. The molecule has 0 bridgehead atoms. The van der Waals surface area contributed by atoms with Crippen molar-refractivity contribution in [2.24, 2.45) is 0 Å². The van der Waals surface area contributed by atoms with Crippen molar-refractivity contribution in [1.29, 1.82) is 0 Å². The minimum absolute atomic E-state index is 0.116. The molecule has 0 unspecified atom stereocenters. The quantitative estimate of drug-likeness (QED) is 0.840. The van der Waals surface area contributed by atoms with Crippen LogP contribution in [0.4, 0.5) is 0 Å². The van der Waals surface area contributed by atoms with Crippen LogP contribution in [0.5, 0.6) is 0 Å². The van der Waals surface area contributed by atoms with Crippen LogP contribution in [-0.4, -0.2) is 48.1 Å². The molecule has 3 rings (SSSR count). The first-order valence-corrected chi connectivity index (χ1v) is 8.24. The Hall–Kier alpha value is -1.85. The van der Waals surface area contributed by atoms with Crippen LogP contribution in [-0.2, 0) is 25.9 Å². The van der Waals surface area contributed by atoms with Gasteiger partial charge in [0.25, 0.3) is 5.56 Å². The fourth-order valence-electron chi connectivity index (χ4n) is 3.17. The minimum Gasteiger partial charge on any atom is -0.468 e. The molecule has 0 aliphatic carbocycles. The summed E-state index contributed by atoms with van der Waals surface area (Å²) in [6.07, 6.45) is 3.62. The molecule has 1 aliphatic heterocycles. The Balaban J connectivity index is 1.76. The largest absolute Gasteiger partial charge is 0.468 e. The molecule has 0 fully saturated rings. The lowest BCUT2D eigenvalue weighted by Crippen LogP contribution is -2.30. The van der Waals surface area contributed by atoms with Gasteiger partial charge in [-0.2, -0.15) is 0 Å². The molecule has 2 aromatic heterocycles. The molecule has 0 saturated heterocycles. The van der Waals surface area contributed by atoms with Crippen molar-refractivity contribution in [3.8, 4) is 0 Å². The van der Waals surface area contributed by atoms with E-state index in [4.69, 9.17) is 4.42 Å². The Bertz CT molecular complexity index is 689. The number of furan rings is 1. The summed E-state index contributed by atoms with van der Waals surface area (Å²) in [6.45, 7) is 4.43. The van der Waals surface area contributed by atoms with Crippen LogP contribution < -0.4 is 5.56 Å². The summed E-state index contributed by atoms with van der Waals surface area (Å²) in [5.74, 6) is 1.00. The maximum Gasteiger partial charge on any atom is 0.250 e. The number of aromatic nitrogens is 1. The molecule has 0 N–H and O–H groups in total. The summed E-state index contributed by atoms with van der Waals surface area (Å²) in [5.41, 5.74) is 2.64. The Labute approximate surface area is 137 Å². The fraction of sp³-hybridized carbons (Fsp3) is 0.500. The third-order valence-corrected chi connectivity index (χ3v) is 4.48. The molecule has 2 aromatic rings. The highest BCUT2D eigenvalue weighted by Gasteiger charge is 2.18. The second kappa shape index (κ2) is 7.15. The highest BCUT2D eigenvalue weighted by Crippen LogP contribution is 2.16. The number of pyridine rings is 1. The second-order valence-electron chi connectivity index (χ2n) is 6.45. The van der Waals surface area contributed by atoms with Crippen molar-refractivity contribution in [3.63, 3.8) is 0 Å². The van der Waals surface area contributed by atoms with E-state index in [9.17, 15) is 4.79 Å². The normalized spacial score (nSPS) is 15.6. The smallest absolute Gasteiger partial charge is 0.250 e. The first-order chi connectivity index (χ1) is 11.1. The Morgan fingerprint density at radius 1 is 1.17 bits per heavy atom. The molecule has 5 nitrogen and oxygen atoms in total. The van der Waals surface area contributed by atoms with Gasteiger partial charge in [-0.1, -0.05) is 6.07 Å². The topological polar surface area (TPSA) is 41.6 Å². The minimum atomic E-state index is 0.116. The van der Waals surface area contributed by atoms with E-state index in [1.807, 2.05) is 36.9 Å². The monoisotopic (exact) mass is 315 g/mol. The average Bonchev–Trinajstić information content (AvgIpc) is 2.94. The molecule has 1 aliphatic rings. The fourth-order valence-corrected chi connectivity index (χ4v) is 3.17. The van der Waals surface area contributed by atoms with Gasteiger partial charge in [-0.15, -0.1) is 0 Å².